The molecule has 3 rings (SSSR count). The van der Waals surface area contributed by atoms with Gasteiger partial charge in [0.2, 0.25) is 5.95 Å². The minimum atomic E-state index is 0.554. The molecule has 108 valence electrons. The Bertz CT molecular complexity index is 751. The fourth-order valence-electron chi connectivity index (χ4n) is 1.98. The van der Waals surface area contributed by atoms with Crippen molar-refractivity contribution < 1.29 is 0 Å². The predicted molar refractivity (Wildman–Crippen MR) is 79.9 cm³/mol. The number of aryl methyl sites for hydroxylation is 1. The largest absolute Gasteiger partial charge is 0.362 e. The summed E-state index contributed by atoms with van der Waals surface area (Å²) in [5.74, 6) is 2.00. The summed E-state index contributed by atoms with van der Waals surface area (Å²) in [6.07, 6.45) is 3.35. The molecule has 0 amide bonds. The quantitative estimate of drug-likeness (QED) is 0.652. The van der Waals surface area contributed by atoms with Crippen LogP contribution in [-0.2, 0) is 6.54 Å². The number of aromatic nitrogens is 6. The van der Waals surface area contributed by atoms with Crippen LogP contribution < -0.4 is 10.6 Å². The van der Waals surface area contributed by atoms with Crippen LogP contribution in [-0.4, -0.2) is 36.4 Å². The Morgan fingerprint density at radius 3 is 2.86 bits per heavy atom. The molecule has 3 aromatic heterocycles. The molecule has 0 bridgehead atoms. The fraction of sp³-hybridized carbons (Fsp3) is 0.308. The van der Waals surface area contributed by atoms with Gasteiger partial charge in [-0.25, -0.2) is 15.0 Å². The van der Waals surface area contributed by atoms with E-state index in [0.29, 0.717) is 24.0 Å². The minimum Gasteiger partial charge on any atom is -0.362 e. The van der Waals surface area contributed by atoms with E-state index in [9.17, 15) is 0 Å². The Hall–Kier alpha value is -2.77. The van der Waals surface area contributed by atoms with Gasteiger partial charge in [0.05, 0.1) is 18.6 Å². The average Bonchev–Trinajstić information content (AvgIpc) is 2.93. The van der Waals surface area contributed by atoms with Gasteiger partial charge in [-0.2, -0.15) is 9.97 Å². The summed E-state index contributed by atoms with van der Waals surface area (Å²) in [5.41, 5.74) is 2.31. The zero-order valence-corrected chi connectivity index (χ0v) is 11.9. The molecule has 0 saturated heterocycles. The smallest absolute Gasteiger partial charge is 0.226 e. The molecular weight excluding hydrogens is 268 g/mol. The van der Waals surface area contributed by atoms with Gasteiger partial charge in [0.25, 0.3) is 0 Å². The van der Waals surface area contributed by atoms with Crippen LogP contribution in [0.15, 0.2) is 18.6 Å². The molecule has 21 heavy (non-hydrogen) atoms. The first-order valence-electron chi connectivity index (χ1n) is 6.73. The lowest BCUT2D eigenvalue weighted by atomic mass is 10.4. The monoisotopic (exact) mass is 284 g/mol. The molecule has 0 fully saturated rings. The van der Waals surface area contributed by atoms with E-state index in [2.05, 4.69) is 40.5 Å². The van der Waals surface area contributed by atoms with Crippen molar-refractivity contribution in [3.8, 4) is 0 Å². The molecule has 0 atom stereocenters. The van der Waals surface area contributed by atoms with E-state index in [1.54, 1.807) is 12.5 Å². The molecule has 0 aliphatic rings. The second-order valence-electron chi connectivity index (χ2n) is 4.48. The molecule has 0 saturated carbocycles. The number of nitrogens with zero attached hydrogens (tertiary/aromatic N) is 5. The first-order chi connectivity index (χ1) is 10.3. The average molecular weight is 284 g/mol. The zero-order valence-electron chi connectivity index (χ0n) is 11.9. The van der Waals surface area contributed by atoms with Crippen molar-refractivity contribution >= 4 is 22.9 Å². The first kappa shape index (κ1) is 13.2. The van der Waals surface area contributed by atoms with Crippen LogP contribution in [0.3, 0.4) is 0 Å². The van der Waals surface area contributed by atoms with Crippen LogP contribution in [0.1, 0.15) is 18.4 Å². The Kier molecular flexibility index (Phi) is 3.59. The van der Waals surface area contributed by atoms with Crippen LogP contribution >= 0.6 is 0 Å². The van der Waals surface area contributed by atoms with Crippen LogP contribution in [0.4, 0.5) is 11.8 Å². The predicted octanol–water partition coefficient (Wildman–Crippen LogP) is 1.50. The Labute approximate surface area is 121 Å². The summed E-state index contributed by atoms with van der Waals surface area (Å²) in [7, 11) is 0. The molecule has 0 unspecified atom stereocenters. The van der Waals surface area contributed by atoms with Crippen LogP contribution in [0.2, 0.25) is 0 Å². The van der Waals surface area contributed by atoms with Crippen LogP contribution in [0.5, 0.6) is 0 Å². The van der Waals surface area contributed by atoms with Crippen LogP contribution in [0.25, 0.3) is 11.2 Å². The lowest BCUT2D eigenvalue weighted by molar-refractivity contribution is 0.949. The maximum absolute atomic E-state index is 4.45. The molecule has 8 nitrogen and oxygen atoms in total. The lowest BCUT2D eigenvalue weighted by Gasteiger charge is -2.08. The van der Waals surface area contributed by atoms with Gasteiger partial charge in [0.15, 0.2) is 11.5 Å². The number of nitrogens with one attached hydrogen (secondary N) is 3. The van der Waals surface area contributed by atoms with Gasteiger partial charge < -0.3 is 15.6 Å². The number of fused-ring (bicyclic) bond motifs is 1. The summed E-state index contributed by atoms with van der Waals surface area (Å²) >= 11 is 0. The fourth-order valence-corrected chi connectivity index (χ4v) is 1.98. The molecule has 0 aliphatic heterocycles. The van der Waals surface area contributed by atoms with E-state index >= 15 is 0 Å². The van der Waals surface area contributed by atoms with Gasteiger partial charge in [-0.3, -0.25) is 0 Å². The minimum absolute atomic E-state index is 0.554. The van der Waals surface area contributed by atoms with E-state index in [1.807, 2.05) is 19.9 Å². The number of hydrogen-bond acceptors (Lipinski definition) is 7. The number of hydrogen-bond donors (Lipinski definition) is 3. The van der Waals surface area contributed by atoms with Crippen molar-refractivity contribution in [3.63, 3.8) is 0 Å². The standard InChI is InChI=1S/C13H16N8/c1-3-14-13-20-11(10-12(21-13)18-7-17-10)16-6-9-4-5-15-8(2)19-9/h4-5,7H,3,6H2,1-2H3,(H3,14,16,17,18,20,21). The normalized spacial score (nSPS) is 10.8. The maximum atomic E-state index is 4.45. The summed E-state index contributed by atoms with van der Waals surface area (Å²) in [4.78, 5) is 24.4. The van der Waals surface area contributed by atoms with Gasteiger partial charge in [-0.05, 0) is 19.9 Å². The highest BCUT2D eigenvalue weighted by molar-refractivity contribution is 5.83. The lowest BCUT2D eigenvalue weighted by Crippen LogP contribution is -2.08. The molecule has 3 N–H and O–H groups in total. The highest BCUT2D eigenvalue weighted by Gasteiger charge is 2.09. The SMILES string of the molecule is CCNc1nc(NCc2ccnc(C)n2)c2[nH]cnc2n1. The molecule has 3 heterocycles. The molecule has 0 aromatic carbocycles. The van der Waals surface area contributed by atoms with E-state index in [4.69, 9.17) is 0 Å². The van der Waals surface area contributed by atoms with Crippen molar-refractivity contribution in [1.29, 1.82) is 0 Å². The highest BCUT2D eigenvalue weighted by Crippen LogP contribution is 2.19. The summed E-state index contributed by atoms with van der Waals surface area (Å²) in [6, 6.07) is 1.87. The van der Waals surface area contributed by atoms with Crippen molar-refractivity contribution in [3.05, 3.63) is 30.1 Å². The van der Waals surface area contributed by atoms with Crippen molar-refractivity contribution in [1.82, 2.24) is 29.9 Å². The van der Waals surface area contributed by atoms with Crippen molar-refractivity contribution in [2.45, 2.75) is 20.4 Å². The number of anilines is 2. The van der Waals surface area contributed by atoms with Crippen LogP contribution in [0, 0.1) is 6.92 Å². The van der Waals surface area contributed by atoms with Gasteiger partial charge in [-0.15, -0.1) is 0 Å². The summed E-state index contributed by atoms with van der Waals surface area (Å²) in [6.45, 7) is 5.17. The Balaban J connectivity index is 1.86. The van der Waals surface area contributed by atoms with Gasteiger partial charge in [0, 0.05) is 12.7 Å². The number of rotatable bonds is 5. The van der Waals surface area contributed by atoms with Gasteiger partial charge in [0.1, 0.15) is 11.3 Å². The number of aromatic amines is 1. The van der Waals surface area contributed by atoms with Crippen molar-refractivity contribution in [2.24, 2.45) is 0 Å². The Morgan fingerprint density at radius 1 is 1.14 bits per heavy atom. The topological polar surface area (TPSA) is 104 Å². The third-order valence-corrected chi connectivity index (χ3v) is 2.89. The third kappa shape index (κ3) is 2.88. The van der Waals surface area contributed by atoms with E-state index in [0.717, 1.165) is 23.6 Å². The molecule has 3 aromatic rings. The number of H-pyrrole nitrogens is 1. The number of imidazole rings is 1. The van der Waals surface area contributed by atoms with E-state index in [-0.39, 0.29) is 0 Å². The molecule has 0 spiro atoms. The highest BCUT2D eigenvalue weighted by atomic mass is 15.2. The van der Waals surface area contributed by atoms with Crippen molar-refractivity contribution in [2.75, 3.05) is 17.2 Å². The Morgan fingerprint density at radius 2 is 2.05 bits per heavy atom. The van der Waals surface area contributed by atoms with E-state index < -0.39 is 0 Å². The van der Waals surface area contributed by atoms with Gasteiger partial charge in [-0.1, -0.05) is 0 Å². The molecule has 0 radical (unpaired) electrons. The second kappa shape index (κ2) is 5.70. The third-order valence-electron chi connectivity index (χ3n) is 2.89. The van der Waals surface area contributed by atoms with E-state index in [1.165, 1.54) is 0 Å². The molecular formula is C13H16N8. The summed E-state index contributed by atoms with van der Waals surface area (Å²) in [5, 5.41) is 6.36. The molecule has 0 aliphatic carbocycles. The molecule has 8 heteroatoms. The first-order valence-corrected chi connectivity index (χ1v) is 6.73. The van der Waals surface area contributed by atoms with Gasteiger partial charge >= 0.3 is 0 Å². The summed E-state index contributed by atoms with van der Waals surface area (Å²) < 4.78 is 0. The second-order valence-corrected chi connectivity index (χ2v) is 4.48. The zero-order chi connectivity index (χ0) is 14.7. The maximum Gasteiger partial charge on any atom is 0.226 e.